The van der Waals surface area contributed by atoms with Crippen molar-refractivity contribution in [2.24, 2.45) is 11.8 Å². The maximum Gasteiger partial charge on any atom is 0.181 e. The molecule has 0 spiro atoms. The number of hydrogen-bond acceptors (Lipinski definition) is 3. The summed E-state index contributed by atoms with van der Waals surface area (Å²) in [4.78, 5) is 3.98. The van der Waals surface area contributed by atoms with Crippen molar-refractivity contribution in [1.29, 1.82) is 0 Å². The SMILES string of the molecule is CC1CCC(Nc2cccc(-c3cnco3)c2)C(C)C1. The lowest BCUT2D eigenvalue weighted by Crippen LogP contribution is -2.32. The molecule has 0 amide bonds. The fraction of sp³-hybridized carbons (Fsp3) is 0.471. The van der Waals surface area contributed by atoms with Crippen LogP contribution in [0.5, 0.6) is 0 Å². The minimum atomic E-state index is 0.580. The van der Waals surface area contributed by atoms with E-state index in [4.69, 9.17) is 4.42 Å². The third-order valence-corrected chi connectivity index (χ3v) is 4.36. The second kappa shape index (κ2) is 5.70. The lowest BCUT2D eigenvalue weighted by atomic mass is 9.80. The van der Waals surface area contributed by atoms with Crippen LogP contribution in [0.25, 0.3) is 11.3 Å². The number of nitrogens with one attached hydrogen (secondary N) is 1. The molecule has 1 fully saturated rings. The Bertz CT molecular complexity index is 550. The van der Waals surface area contributed by atoms with E-state index < -0.39 is 0 Å². The van der Waals surface area contributed by atoms with Crippen LogP contribution in [0, 0.1) is 11.8 Å². The Hall–Kier alpha value is -1.77. The summed E-state index contributed by atoms with van der Waals surface area (Å²) in [5, 5.41) is 3.69. The van der Waals surface area contributed by atoms with Gasteiger partial charge in [0.25, 0.3) is 0 Å². The molecule has 0 radical (unpaired) electrons. The van der Waals surface area contributed by atoms with Crippen LogP contribution in [0.15, 0.2) is 41.3 Å². The van der Waals surface area contributed by atoms with Crippen molar-refractivity contribution in [2.45, 2.75) is 39.2 Å². The summed E-state index contributed by atoms with van der Waals surface area (Å²) >= 11 is 0. The molecule has 3 atom stereocenters. The molecule has 1 N–H and O–H groups in total. The molecule has 3 unspecified atom stereocenters. The van der Waals surface area contributed by atoms with Crippen LogP contribution in [-0.4, -0.2) is 11.0 Å². The van der Waals surface area contributed by atoms with Crippen molar-refractivity contribution in [3.63, 3.8) is 0 Å². The summed E-state index contributed by atoms with van der Waals surface area (Å²) in [6.45, 7) is 4.71. The molecule has 1 aliphatic carbocycles. The van der Waals surface area contributed by atoms with Gasteiger partial charge < -0.3 is 9.73 Å². The van der Waals surface area contributed by atoms with Gasteiger partial charge in [0.1, 0.15) is 0 Å². The number of benzene rings is 1. The molecule has 1 aromatic heterocycles. The number of oxazole rings is 1. The molecule has 3 nitrogen and oxygen atoms in total. The molecule has 2 aromatic rings. The van der Waals surface area contributed by atoms with Gasteiger partial charge in [-0.3, -0.25) is 0 Å². The van der Waals surface area contributed by atoms with Crippen LogP contribution in [0.3, 0.4) is 0 Å². The van der Waals surface area contributed by atoms with E-state index in [2.05, 4.69) is 48.4 Å². The maximum absolute atomic E-state index is 5.36. The van der Waals surface area contributed by atoms with Gasteiger partial charge in [0.15, 0.2) is 12.2 Å². The first-order valence-corrected chi connectivity index (χ1v) is 7.48. The van der Waals surface area contributed by atoms with Crippen molar-refractivity contribution in [1.82, 2.24) is 4.98 Å². The summed E-state index contributed by atoms with van der Waals surface area (Å²) in [6, 6.07) is 8.97. The first-order valence-electron chi connectivity index (χ1n) is 7.48. The molecular formula is C17H22N2O. The molecule has 1 saturated carbocycles. The van der Waals surface area contributed by atoms with Gasteiger partial charge in [0, 0.05) is 17.3 Å². The normalized spacial score (nSPS) is 26.4. The lowest BCUT2D eigenvalue weighted by molar-refractivity contribution is 0.276. The molecule has 3 heteroatoms. The van der Waals surface area contributed by atoms with Crippen LogP contribution in [0.4, 0.5) is 5.69 Å². The number of rotatable bonds is 3. The highest BCUT2D eigenvalue weighted by Gasteiger charge is 2.25. The summed E-state index contributed by atoms with van der Waals surface area (Å²) < 4.78 is 5.36. The van der Waals surface area contributed by atoms with Gasteiger partial charge in [-0.1, -0.05) is 26.0 Å². The molecule has 1 heterocycles. The van der Waals surface area contributed by atoms with E-state index in [9.17, 15) is 0 Å². The van der Waals surface area contributed by atoms with Gasteiger partial charge >= 0.3 is 0 Å². The highest BCUT2D eigenvalue weighted by molar-refractivity contribution is 5.63. The summed E-state index contributed by atoms with van der Waals surface area (Å²) in [5.41, 5.74) is 2.25. The predicted molar refractivity (Wildman–Crippen MR) is 81.5 cm³/mol. The summed E-state index contributed by atoms with van der Waals surface area (Å²) in [6.07, 6.45) is 7.13. The third-order valence-electron chi connectivity index (χ3n) is 4.36. The molecule has 0 saturated heterocycles. The van der Waals surface area contributed by atoms with E-state index in [1.165, 1.54) is 31.3 Å². The first kappa shape index (κ1) is 13.2. The largest absolute Gasteiger partial charge is 0.444 e. The van der Waals surface area contributed by atoms with Crippen LogP contribution in [0.1, 0.15) is 33.1 Å². The van der Waals surface area contributed by atoms with E-state index in [-0.39, 0.29) is 0 Å². The Balaban J connectivity index is 1.73. The zero-order valence-electron chi connectivity index (χ0n) is 12.2. The Kier molecular flexibility index (Phi) is 3.77. The maximum atomic E-state index is 5.36. The quantitative estimate of drug-likeness (QED) is 0.887. The lowest BCUT2D eigenvalue weighted by Gasteiger charge is -2.33. The molecular weight excluding hydrogens is 248 g/mol. The predicted octanol–water partition coefficient (Wildman–Crippen LogP) is 4.58. The van der Waals surface area contributed by atoms with Gasteiger partial charge in [-0.25, -0.2) is 4.98 Å². The molecule has 0 aliphatic heterocycles. The molecule has 106 valence electrons. The van der Waals surface area contributed by atoms with Crippen molar-refractivity contribution in [3.05, 3.63) is 36.9 Å². The zero-order chi connectivity index (χ0) is 13.9. The van der Waals surface area contributed by atoms with E-state index in [1.807, 2.05) is 0 Å². The molecule has 1 aliphatic rings. The van der Waals surface area contributed by atoms with E-state index in [0.29, 0.717) is 6.04 Å². The monoisotopic (exact) mass is 270 g/mol. The van der Waals surface area contributed by atoms with Crippen LogP contribution in [0.2, 0.25) is 0 Å². The fourth-order valence-corrected chi connectivity index (χ4v) is 3.21. The molecule has 1 aromatic carbocycles. The number of aromatic nitrogens is 1. The summed E-state index contributed by atoms with van der Waals surface area (Å²) in [7, 11) is 0. The number of nitrogens with zero attached hydrogens (tertiary/aromatic N) is 1. The molecule has 0 bridgehead atoms. The van der Waals surface area contributed by atoms with Gasteiger partial charge in [-0.05, 0) is 43.2 Å². The second-order valence-electron chi connectivity index (χ2n) is 6.09. The minimum absolute atomic E-state index is 0.580. The highest BCUT2D eigenvalue weighted by atomic mass is 16.3. The second-order valence-corrected chi connectivity index (χ2v) is 6.09. The van der Waals surface area contributed by atoms with Crippen molar-refractivity contribution in [2.75, 3.05) is 5.32 Å². The van der Waals surface area contributed by atoms with Crippen LogP contribution in [-0.2, 0) is 0 Å². The molecule has 3 rings (SSSR count). The van der Waals surface area contributed by atoms with Crippen LogP contribution >= 0.6 is 0 Å². The van der Waals surface area contributed by atoms with E-state index in [0.717, 1.165) is 23.2 Å². The molecule has 20 heavy (non-hydrogen) atoms. The van der Waals surface area contributed by atoms with Gasteiger partial charge in [0.05, 0.1) is 6.20 Å². The fourth-order valence-electron chi connectivity index (χ4n) is 3.21. The van der Waals surface area contributed by atoms with Crippen LogP contribution < -0.4 is 5.32 Å². The number of anilines is 1. The average molecular weight is 270 g/mol. The van der Waals surface area contributed by atoms with Crippen molar-refractivity contribution < 1.29 is 4.42 Å². The number of hydrogen-bond donors (Lipinski definition) is 1. The van der Waals surface area contributed by atoms with Gasteiger partial charge in [-0.2, -0.15) is 0 Å². The smallest absolute Gasteiger partial charge is 0.181 e. The summed E-state index contributed by atoms with van der Waals surface area (Å²) in [5.74, 6) is 2.41. The third kappa shape index (κ3) is 2.87. The van der Waals surface area contributed by atoms with Crippen molar-refractivity contribution >= 4 is 5.69 Å². The Labute approximate surface area is 120 Å². The Morgan fingerprint density at radius 1 is 1.25 bits per heavy atom. The average Bonchev–Trinajstić information content (AvgIpc) is 2.96. The Morgan fingerprint density at radius 2 is 2.15 bits per heavy atom. The van der Waals surface area contributed by atoms with Gasteiger partial charge in [-0.15, -0.1) is 0 Å². The minimum Gasteiger partial charge on any atom is -0.444 e. The Morgan fingerprint density at radius 3 is 2.90 bits per heavy atom. The van der Waals surface area contributed by atoms with E-state index >= 15 is 0 Å². The van der Waals surface area contributed by atoms with Crippen molar-refractivity contribution in [3.8, 4) is 11.3 Å². The van der Waals surface area contributed by atoms with E-state index in [1.54, 1.807) is 6.20 Å². The highest BCUT2D eigenvalue weighted by Crippen LogP contribution is 2.31. The zero-order valence-corrected chi connectivity index (χ0v) is 12.2. The standard InChI is InChI=1S/C17H22N2O/c1-12-6-7-16(13(2)8-12)19-15-5-3-4-14(9-15)17-10-18-11-20-17/h3-5,9-13,16,19H,6-8H2,1-2H3. The first-order chi connectivity index (χ1) is 9.72. The topological polar surface area (TPSA) is 38.1 Å². The van der Waals surface area contributed by atoms with Gasteiger partial charge in [0.2, 0.25) is 0 Å².